The second-order valence-electron chi connectivity index (χ2n) is 9.23. The fourth-order valence-electron chi connectivity index (χ4n) is 4.48. The van der Waals surface area contributed by atoms with Crippen molar-refractivity contribution in [3.05, 3.63) is 47.2 Å². The van der Waals surface area contributed by atoms with Gasteiger partial charge in [0.2, 0.25) is 24.5 Å². The minimum atomic E-state index is -1.89. The van der Waals surface area contributed by atoms with Crippen LogP contribution in [0, 0.1) is 5.82 Å². The Morgan fingerprint density at radius 2 is 1.82 bits per heavy atom. The molecule has 1 aliphatic carbocycles. The molecule has 0 saturated heterocycles. The van der Waals surface area contributed by atoms with Gasteiger partial charge in [-0.2, -0.15) is 0 Å². The van der Waals surface area contributed by atoms with Gasteiger partial charge in [0, 0.05) is 34.3 Å². The third-order valence-electron chi connectivity index (χ3n) is 6.40. The third kappa shape index (κ3) is 7.02. The van der Waals surface area contributed by atoms with E-state index in [9.17, 15) is 23.0 Å². The van der Waals surface area contributed by atoms with Gasteiger partial charge < -0.3 is 20.1 Å². The number of fused-ring (bicyclic) bond motifs is 1. The fraction of sp³-hybridized carbons (Fsp3) is 0.423. The molecule has 1 aliphatic heterocycles. The maximum Gasteiger partial charge on any atom is 0.243 e. The van der Waals surface area contributed by atoms with Crippen LogP contribution in [0.3, 0.4) is 0 Å². The highest BCUT2D eigenvalue weighted by Gasteiger charge is 2.31. The maximum atomic E-state index is 13.8. The molecule has 3 amide bonds. The monoisotopic (exact) mass is 565 g/mol. The first-order valence-electron chi connectivity index (χ1n) is 12.3. The lowest BCUT2D eigenvalue weighted by molar-refractivity contribution is -0.126. The molecule has 2 aromatic rings. The van der Waals surface area contributed by atoms with Crippen LogP contribution in [0.25, 0.3) is 0 Å². The number of carbonyl (C=O) groups excluding carboxylic acids is 3. The zero-order valence-electron chi connectivity index (χ0n) is 20.8. The van der Waals surface area contributed by atoms with Crippen LogP contribution in [-0.4, -0.2) is 52.3 Å². The summed E-state index contributed by atoms with van der Waals surface area (Å²) in [5.74, 6) is -2.20. The van der Waals surface area contributed by atoms with E-state index in [-0.39, 0.29) is 29.5 Å². The summed E-state index contributed by atoms with van der Waals surface area (Å²) in [6.45, 7) is 1.63. The molecular weight excluding hydrogens is 537 g/mol. The summed E-state index contributed by atoms with van der Waals surface area (Å²) >= 11 is 5.95. The van der Waals surface area contributed by atoms with Crippen molar-refractivity contribution in [3.63, 3.8) is 0 Å². The molecule has 2 atom stereocenters. The molecule has 1 saturated carbocycles. The van der Waals surface area contributed by atoms with Gasteiger partial charge in [0.25, 0.3) is 0 Å². The second kappa shape index (κ2) is 12.6. The van der Waals surface area contributed by atoms with Crippen LogP contribution in [0.2, 0.25) is 5.02 Å². The van der Waals surface area contributed by atoms with Crippen molar-refractivity contribution in [1.82, 2.24) is 5.32 Å². The first kappa shape index (κ1) is 27.8. The molecule has 1 fully saturated rings. The van der Waals surface area contributed by atoms with E-state index < -0.39 is 46.0 Å². The molecular formula is C26H29ClFN3O6S. The Labute approximate surface area is 227 Å². The predicted octanol–water partition coefficient (Wildman–Crippen LogP) is 3.77. The Balaban J connectivity index is 1.42. The molecule has 2 aromatic carbocycles. The summed E-state index contributed by atoms with van der Waals surface area (Å²) in [4.78, 5) is 40.0. The van der Waals surface area contributed by atoms with Crippen molar-refractivity contribution in [2.75, 3.05) is 28.5 Å². The molecule has 204 valence electrons. The molecule has 0 bridgehead atoms. The smallest absolute Gasteiger partial charge is 0.243 e. The van der Waals surface area contributed by atoms with Gasteiger partial charge in [-0.05, 0) is 50.1 Å². The second-order valence-corrected chi connectivity index (χ2v) is 11.1. The highest BCUT2D eigenvalue weighted by atomic mass is 35.5. The minimum absolute atomic E-state index is 0.0152. The van der Waals surface area contributed by atoms with Gasteiger partial charge in [0.15, 0.2) is 11.5 Å². The van der Waals surface area contributed by atoms with Gasteiger partial charge in [-0.1, -0.05) is 30.9 Å². The first-order valence-corrected chi connectivity index (χ1v) is 14.2. The number of benzene rings is 2. The Kier molecular flexibility index (Phi) is 9.22. The van der Waals surface area contributed by atoms with Crippen LogP contribution < -0.4 is 25.0 Å². The molecule has 9 nitrogen and oxygen atoms in total. The average Bonchev–Trinajstić information content (AvgIpc) is 3.34. The molecule has 0 aromatic heterocycles. The molecule has 2 unspecified atom stereocenters. The standard InChI is InChI=1S/C26H29ClFN3O6S/c1-16(26(34)30-17-5-3-2-4-6-17)31(19-8-9-21(28)20(27)12-19)25(33)14-38(35)13-24(32)29-18-7-10-22-23(11-18)37-15-36-22/h7-12,16-17H,2-6,13-15H2,1H3,(H,29,32)(H,30,34). The molecule has 1 heterocycles. The van der Waals surface area contributed by atoms with Crippen molar-refractivity contribution in [2.24, 2.45) is 0 Å². The summed E-state index contributed by atoms with van der Waals surface area (Å²) in [5, 5.41) is 5.38. The first-order chi connectivity index (χ1) is 18.2. The number of rotatable bonds is 9. The molecule has 0 spiro atoms. The Hall–Kier alpha value is -3.18. The lowest BCUT2D eigenvalue weighted by Crippen LogP contribution is -2.52. The van der Waals surface area contributed by atoms with E-state index in [0.29, 0.717) is 17.2 Å². The lowest BCUT2D eigenvalue weighted by atomic mass is 9.95. The zero-order chi connectivity index (χ0) is 27.2. The number of halogens is 2. The van der Waals surface area contributed by atoms with E-state index in [2.05, 4.69) is 10.6 Å². The highest BCUT2D eigenvalue weighted by molar-refractivity contribution is 7.86. The largest absolute Gasteiger partial charge is 0.454 e. The third-order valence-corrected chi connectivity index (χ3v) is 7.84. The van der Waals surface area contributed by atoms with E-state index in [1.807, 2.05) is 0 Å². The van der Waals surface area contributed by atoms with Crippen molar-refractivity contribution < 1.29 is 32.5 Å². The maximum absolute atomic E-state index is 13.8. The molecule has 12 heteroatoms. The van der Waals surface area contributed by atoms with Crippen LogP contribution in [0.15, 0.2) is 36.4 Å². The van der Waals surface area contributed by atoms with Crippen molar-refractivity contribution in [1.29, 1.82) is 0 Å². The van der Waals surface area contributed by atoms with Crippen LogP contribution in [0.1, 0.15) is 39.0 Å². The van der Waals surface area contributed by atoms with Gasteiger partial charge in [0.1, 0.15) is 23.4 Å². The number of ether oxygens (including phenoxy) is 2. The number of nitrogens with one attached hydrogen (secondary N) is 2. The summed E-state index contributed by atoms with van der Waals surface area (Å²) in [7, 11) is -1.89. The van der Waals surface area contributed by atoms with E-state index in [4.69, 9.17) is 21.1 Å². The van der Waals surface area contributed by atoms with E-state index in [1.165, 1.54) is 12.1 Å². The number of hydrogen-bond donors (Lipinski definition) is 2. The number of carbonyl (C=O) groups is 3. The van der Waals surface area contributed by atoms with E-state index in [0.717, 1.165) is 43.1 Å². The molecule has 0 radical (unpaired) electrons. The Morgan fingerprint density at radius 1 is 1.08 bits per heavy atom. The normalized spacial score (nSPS) is 16.4. The molecule has 2 aliphatic rings. The fourth-order valence-corrected chi connectivity index (χ4v) is 5.54. The summed E-state index contributed by atoms with van der Waals surface area (Å²) < 4.78 is 37.1. The number of nitrogens with zero attached hydrogens (tertiary/aromatic N) is 1. The van der Waals surface area contributed by atoms with Crippen molar-refractivity contribution in [3.8, 4) is 11.5 Å². The topological polar surface area (TPSA) is 114 Å². The van der Waals surface area contributed by atoms with Gasteiger partial charge in [-0.25, -0.2) is 4.39 Å². The van der Waals surface area contributed by atoms with Gasteiger partial charge in [0.05, 0.1) is 5.02 Å². The summed E-state index contributed by atoms with van der Waals surface area (Å²) in [5.41, 5.74) is 0.618. The summed E-state index contributed by atoms with van der Waals surface area (Å²) in [6, 6.07) is 7.55. The average molecular weight is 566 g/mol. The SMILES string of the molecule is CC(C(=O)NC1CCCCC1)N(C(=O)CS(=O)CC(=O)Nc1ccc2c(c1)OCO2)c1ccc(F)c(Cl)c1. The number of anilines is 2. The quantitative estimate of drug-likeness (QED) is 0.478. The molecule has 4 rings (SSSR count). The van der Waals surface area contributed by atoms with E-state index in [1.54, 1.807) is 25.1 Å². The Bertz CT molecular complexity index is 1240. The van der Waals surface area contributed by atoms with Crippen LogP contribution in [0.5, 0.6) is 11.5 Å². The van der Waals surface area contributed by atoms with Gasteiger partial charge in [-0.3, -0.25) is 23.5 Å². The van der Waals surface area contributed by atoms with E-state index >= 15 is 0 Å². The molecule has 2 N–H and O–H groups in total. The highest BCUT2D eigenvalue weighted by Crippen LogP contribution is 2.34. The van der Waals surface area contributed by atoms with Crippen molar-refractivity contribution >= 4 is 51.5 Å². The lowest BCUT2D eigenvalue weighted by Gasteiger charge is -2.31. The van der Waals surface area contributed by atoms with Gasteiger partial charge >= 0.3 is 0 Å². The van der Waals surface area contributed by atoms with Crippen LogP contribution in [0.4, 0.5) is 15.8 Å². The predicted molar refractivity (Wildman–Crippen MR) is 142 cm³/mol. The Morgan fingerprint density at radius 3 is 2.55 bits per heavy atom. The van der Waals surface area contributed by atoms with Crippen LogP contribution >= 0.6 is 11.6 Å². The molecule has 38 heavy (non-hydrogen) atoms. The summed E-state index contributed by atoms with van der Waals surface area (Å²) in [6.07, 6.45) is 4.87. The minimum Gasteiger partial charge on any atom is -0.454 e. The van der Waals surface area contributed by atoms with Crippen LogP contribution in [-0.2, 0) is 25.2 Å². The van der Waals surface area contributed by atoms with Crippen molar-refractivity contribution in [2.45, 2.75) is 51.1 Å². The zero-order valence-corrected chi connectivity index (χ0v) is 22.4. The number of hydrogen-bond acceptors (Lipinski definition) is 6. The number of amides is 3. The van der Waals surface area contributed by atoms with Gasteiger partial charge in [-0.15, -0.1) is 0 Å².